The van der Waals surface area contributed by atoms with E-state index in [-0.39, 0.29) is 11.1 Å². The summed E-state index contributed by atoms with van der Waals surface area (Å²) < 4.78 is 2.36. The molecule has 0 spiro atoms. The van der Waals surface area contributed by atoms with Crippen molar-refractivity contribution in [1.29, 1.82) is 0 Å². The number of nitrogens with zero attached hydrogens (tertiary/aromatic N) is 4. The maximum Gasteiger partial charge on any atom is 0.211 e. The summed E-state index contributed by atoms with van der Waals surface area (Å²) in [7, 11) is 0. The van der Waals surface area contributed by atoms with Crippen LogP contribution in [0, 0.1) is 0 Å². The lowest BCUT2D eigenvalue weighted by Gasteiger charge is -2.39. The highest BCUT2D eigenvalue weighted by Crippen LogP contribution is 2.52. The second-order valence-electron chi connectivity index (χ2n) is 10.6. The van der Waals surface area contributed by atoms with Gasteiger partial charge in [0, 0.05) is 22.1 Å². The molecule has 0 atom stereocenters. The third-order valence-electron chi connectivity index (χ3n) is 8.13. The van der Waals surface area contributed by atoms with Gasteiger partial charge in [0.1, 0.15) is 0 Å². The molecule has 0 radical (unpaired) electrons. The second-order valence-corrected chi connectivity index (χ2v) is 10.6. The third-order valence-corrected chi connectivity index (χ3v) is 8.13. The Morgan fingerprint density at radius 1 is 0.600 bits per heavy atom. The predicted octanol–water partition coefficient (Wildman–Crippen LogP) is 7.67. The summed E-state index contributed by atoms with van der Waals surface area (Å²) in [6.45, 7) is 9.05. The molecule has 0 amide bonds. The highest BCUT2D eigenvalue weighted by atomic mass is 15.5. The van der Waals surface area contributed by atoms with Crippen LogP contribution in [0.3, 0.4) is 0 Å². The largest absolute Gasteiger partial charge is 0.309 e. The molecule has 0 saturated carbocycles. The van der Waals surface area contributed by atoms with Crippen LogP contribution in [-0.4, -0.2) is 21.6 Å². The molecule has 4 nitrogen and oxygen atoms in total. The number of hydrogen-bond donors (Lipinski definition) is 0. The fraction of sp³-hybridized carbons (Fsp3) is 0.194. The zero-order valence-corrected chi connectivity index (χ0v) is 20.5. The molecule has 0 bridgehead atoms. The zero-order chi connectivity index (χ0) is 23.9. The molecule has 5 aromatic rings. The van der Waals surface area contributed by atoms with Gasteiger partial charge in [-0.15, -0.1) is 0 Å². The molecule has 0 aliphatic carbocycles. The Balaban J connectivity index is 1.49. The highest BCUT2D eigenvalue weighted by molar-refractivity contribution is 6.23. The molecule has 7 rings (SSSR count). The lowest BCUT2D eigenvalue weighted by atomic mass is 9.83. The van der Waals surface area contributed by atoms with Crippen molar-refractivity contribution in [1.82, 2.24) is 4.57 Å². The van der Waals surface area contributed by atoms with Crippen LogP contribution in [0.2, 0.25) is 0 Å². The molecule has 0 saturated heterocycles. The first-order valence-electron chi connectivity index (χ1n) is 12.3. The van der Waals surface area contributed by atoms with Crippen molar-refractivity contribution in [3.8, 4) is 5.69 Å². The molecule has 1 aromatic heterocycles. The minimum atomic E-state index is -0.207. The lowest BCUT2D eigenvalue weighted by molar-refractivity contribution is 0.338. The number of aliphatic imine (C=N–C) groups is 1. The van der Waals surface area contributed by atoms with E-state index in [0.717, 1.165) is 11.6 Å². The van der Waals surface area contributed by atoms with Gasteiger partial charge in [0.2, 0.25) is 5.96 Å². The van der Waals surface area contributed by atoms with Gasteiger partial charge in [0.15, 0.2) is 0 Å². The summed E-state index contributed by atoms with van der Waals surface area (Å²) in [5.41, 5.74) is 6.79. The smallest absolute Gasteiger partial charge is 0.211 e. The highest BCUT2D eigenvalue weighted by Gasteiger charge is 2.54. The van der Waals surface area contributed by atoms with E-state index in [4.69, 9.17) is 4.99 Å². The molecule has 4 heteroatoms. The van der Waals surface area contributed by atoms with E-state index in [1.165, 1.54) is 38.9 Å². The van der Waals surface area contributed by atoms with Gasteiger partial charge in [0.05, 0.1) is 33.5 Å². The number of fused-ring (bicyclic) bond motifs is 6. The first-order valence-corrected chi connectivity index (χ1v) is 12.3. The van der Waals surface area contributed by atoms with E-state index in [2.05, 4.69) is 139 Å². The number of anilines is 3. The molecular weight excluding hydrogens is 428 g/mol. The number of para-hydroxylation sites is 4. The van der Waals surface area contributed by atoms with Crippen LogP contribution >= 0.6 is 0 Å². The van der Waals surface area contributed by atoms with Crippen molar-refractivity contribution in [3.63, 3.8) is 0 Å². The van der Waals surface area contributed by atoms with Crippen molar-refractivity contribution in [2.45, 2.75) is 38.8 Å². The van der Waals surface area contributed by atoms with Gasteiger partial charge in [-0.05, 0) is 76.2 Å². The van der Waals surface area contributed by atoms with Gasteiger partial charge in [-0.2, -0.15) is 0 Å². The Hall–Kier alpha value is -4.05. The van der Waals surface area contributed by atoms with E-state index in [1.54, 1.807) is 0 Å². The van der Waals surface area contributed by atoms with Gasteiger partial charge in [-0.25, -0.2) is 4.99 Å². The van der Waals surface area contributed by atoms with Gasteiger partial charge in [-0.1, -0.05) is 48.5 Å². The first-order chi connectivity index (χ1) is 16.9. The van der Waals surface area contributed by atoms with Crippen molar-refractivity contribution >= 4 is 44.8 Å². The molecule has 0 unspecified atom stereocenters. The molecule has 2 aliphatic rings. The summed E-state index contributed by atoms with van der Waals surface area (Å²) in [5.74, 6) is 1.01. The molecule has 3 heterocycles. The maximum absolute atomic E-state index is 5.27. The third kappa shape index (κ3) is 2.60. The van der Waals surface area contributed by atoms with Crippen LogP contribution in [-0.2, 0) is 0 Å². The first kappa shape index (κ1) is 20.3. The molecule has 4 aromatic carbocycles. The van der Waals surface area contributed by atoms with Crippen LogP contribution in [0.25, 0.3) is 27.5 Å². The van der Waals surface area contributed by atoms with Crippen LogP contribution in [0.4, 0.5) is 17.1 Å². The van der Waals surface area contributed by atoms with Gasteiger partial charge in [-0.3, -0.25) is 4.90 Å². The fourth-order valence-electron chi connectivity index (χ4n) is 5.68. The summed E-state index contributed by atoms with van der Waals surface area (Å²) in [4.78, 5) is 10.0. The van der Waals surface area contributed by atoms with Gasteiger partial charge in [0.25, 0.3) is 0 Å². The molecule has 172 valence electrons. The summed E-state index contributed by atoms with van der Waals surface area (Å²) >= 11 is 0. The van der Waals surface area contributed by atoms with Crippen molar-refractivity contribution < 1.29 is 0 Å². The number of hydrogen-bond acceptors (Lipinski definition) is 3. The van der Waals surface area contributed by atoms with Gasteiger partial charge < -0.3 is 9.47 Å². The normalized spacial score (nSPS) is 17.7. The standard InChI is InChI=1S/C31H28N4/c1-30(2)31(3,4)35-28-17-11-10-16-27(28)34(29(35)32-30)22-18-19-26-24(20-22)23-14-8-9-15-25(23)33(26)21-12-6-5-7-13-21/h5-20H,1-4H3. The van der Waals surface area contributed by atoms with E-state index in [9.17, 15) is 0 Å². The Kier molecular flexibility index (Phi) is 3.93. The van der Waals surface area contributed by atoms with Gasteiger partial charge >= 0.3 is 0 Å². The number of aromatic nitrogens is 1. The minimum absolute atomic E-state index is 0.138. The van der Waals surface area contributed by atoms with Crippen LogP contribution < -0.4 is 9.80 Å². The van der Waals surface area contributed by atoms with Crippen molar-refractivity contribution in [3.05, 3.63) is 97.1 Å². The molecular formula is C31H28N4. The van der Waals surface area contributed by atoms with E-state index < -0.39 is 0 Å². The van der Waals surface area contributed by atoms with E-state index in [1.807, 2.05) is 0 Å². The minimum Gasteiger partial charge on any atom is -0.309 e. The van der Waals surface area contributed by atoms with E-state index >= 15 is 0 Å². The fourth-order valence-corrected chi connectivity index (χ4v) is 5.68. The van der Waals surface area contributed by atoms with E-state index in [0.29, 0.717) is 0 Å². The van der Waals surface area contributed by atoms with Crippen LogP contribution in [0.1, 0.15) is 27.7 Å². The quantitative estimate of drug-likeness (QED) is 0.272. The molecule has 2 aliphatic heterocycles. The lowest BCUT2D eigenvalue weighted by Crippen LogP contribution is -2.53. The molecule has 0 fully saturated rings. The monoisotopic (exact) mass is 456 g/mol. The zero-order valence-electron chi connectivity index (χ0n) is 20.5. The average Bonchev–Trinajstić information content (AvgIpc) is 3.42. The Labute approximate surface area is 205 Å². The second kappa shape index (κ2) is 6.76. The summed E-state index contributed by atoms with van der Waals surface area (Å²) in [6.07, 6.45) is 0. The average molecular weight is 457 g/mol. The topological polar surface area (TPSA) is 23.8 Å². The molecule has 35 heavy (non-hydrogen) atoms. The van der Waals surface area contributed by atoms with Crippen LogP contribution in [0.5, 0.6) is 0 Å². The van der Waals surface area contributed by atoms with Crippen molar-refractivity contribution in [2.75, 3.05) is 9.80 Å². The summed E-state index contributed by atoms with van der Waals surface area (Å²) in [5, 5.41) is 2.50. The number of guanidine groups is 1. The Morgan fingerprint density at radius 3 is 2.06 bits per heavy atom. The van der Waals surface area contributed by atoms with Crippen LogP contribution in [0.15, 0.2) is 102 Å². The van der Waals surface area contributed by atoms with Crippen molar-refractivity contribution in [2.24, 2.45) is 4.99 Å². The number of benzene rings is 4. The Morgan fingerprint density at radius 2 is 1.26 bits per heavy atom. The predicted molar refractivity (Wildman–Crippen MR) is 147 cm³/mol. The number of rotatable bonds is 2. The summed E-state index contributed by atoms with van der Waals surface area (Å²) in [6, 6.07) is 34.8. The maximum atomic E-state index is 5.27. The molecule has 0 N–H and O–H groups in total. The SMILES string of the molecule is CC1(C)N=C2N(c3ccc4c(c3)c3ccccc3n4-c3ccccc3)c3ccccc3N2C1(C)C. The Bertz CT molecular complexity index is 1660.